The lowest BCUT2D eigenvalue weighted by molar-refractivity contribution is -0.141. The number of carbonyl (C=O) groups is 2. The summed E-state index contributed by atoms with van der Waals surface area (Å²) in [6, 6.07) is 16.7. The number of aliphatic carboxylic acids is 1. The molecule has 1 aliphatic heterocycles. The Morgan fingerprint density at radius 3 is 2.20 bits per heavy atom. The molecule has 0 saturated carbocycles. The van der Waals surface area contributed by atoms with Crippen LogP contribution in [0.4, 0.5) is 0 Å². The second-order valence-electron chi connectivity index (χ2n) is 6.41. The number of aliphatic hydroxyl groups is 1. The standard InChI is InChI=1S/C20H21NO4/c22-13-15-8-6-14(7-9-15)10-19(23)21-11-17(18(12-21)20(24)25)16-4-2-1-3-5-16/h1-9,17-18,22H,10-13H2,(H,24,25)/t17-,18+/m0/s1. The molecule has 1 saturated heterocycles. The molecule has 1 aliphatic rings. The average Bonchev–Trinajstić information content (AvgIpc) is 3.09. The summed E-state index contributed by atoms with van der Waals surface area (Å²) in [5, 5.41) is 18.6. The highest BCUT2D eigenvalue weighted by Gasteiger charge is 2.40. The van der Waals surface area contributed by atoms with E-state index in [-0.39, 0.29) is 31.4 Å². The SMILES string of the molecule is O=C(O)[C@@H]1CN(C(=O)Cc2ccc(CO)cc2)C[C@H]1c1ccccc1. The molecule has 5 heteroatoms. The van der Waals surface area contributed by atoms with Crippen LogP contribution in [0.5, 0.6) is 0 Å². The van der Waals surface area contributed by atoms with Crippen LogP contribution in [0.3, 0.4) is 0 Å². The predicted molar refractivity (Wildman–Crippen MR) is 93.0 cm³/mol. The predicted octanol–water partition coefficient (Wildman–Crippen LogP) is 2.05. The van der Waals surface area contributed by atoms with Gasteiger partial charge in [-0.25, -0.2) is 0 Å². The maximum atomic E-state index is 12.6. The molecular formula is C20H21NO4. The summed E-state index contributed by atoms with van der Waals surface area (Å²) in [6.07, 6.45) is 0.236. The molecule has 2 aromatic carbocycles. The van der Waals surface area contributed by atoms with Gasteiger partial charge in [0.2, 0.25) is 5.91 Å². The Labute approximate surface area is 146 Å². The van der Waals surface area contributed by atoms with Gasteiger partial charge in [0.05, 0.1) is 18.9 Å². The molecule has 25 heavy (non-hydrogen) atoms. The van der Waals surface area contributed by atoms with E-state index in [1.807, 2.05) is 42.5 Å². The maximum absolute atomic E-state index is 12.6. The Balaban J connectivity index is 1.71. The first-order chi connectivity index (χ1) is 12.1. The minimum Gasteiger partial charge on any atom is -0.481 e. The second kappa shape index (κ2) is 7.49. The Kier molecular flexibility index (Phi) is 5.14. The van der Waals surface area contributed by atoms with Crippen molar-refractivity contribution in [3.8, 4) is 0 Å². The summed E-state index contributed by atoms with van der Waals surface area (Å²) in [5.41, 5.74) is 2.61. The Hall–Kier alpha value is -2.66. The van der Waals surface area contributed by atoms with Crippen LogP contribution in [0.1, 0.15) is 22.6 Å². The number of hydrogen-bond acceptors (Lipinski definition) is 3. The molecule has 0 unspecified atom stereocenters. The van der Waals surface area contributed by atoms with Crippen molar-refractivity contribution in [2.45, 2.75) is 18.9 Å². The quantitative estimate of drug-likeness (QED) is 0.874. The average molecular weight is 339 g/mol. The third-order valence-corrected chi connectivity index (χ3v) is 4.78. The van der Waals surface area contributed by atoms with Crippen molar-refractivity contribution >= 4 is 11.9 Å². The van der Waals surface area contributed by atoms with Gasteiger partial charge in [-0.05, 0) is 16.7 Å². The van der Waals surface area contributed by atoms with Gasteiger partial charge >= 0.3 is 5.97 Å². The molecule has 0 aromatic heterocycles. The molecule has 0 aliphatic carbocycles. The molecule has 1 fully saturated rings. The van der Waals surface area contributed by atoms with E-state index < -0.39 is 11.9 Å². The number of aliphatic hydroxyl groups excluding tert-OH is 1. The molecule has 2 aromatic rings. The number of benzene rings is 2. The summed E-state index contributed by atoms with van der Waals surface area (Å²) in [4.78, 5) is 25.9. The Bertz CT molecular complexity index is 742. The zero-order chi connectivity index (χ0) is 17.8. The number of carboxylic acids is 1. The van der Waals surface area contributed by atoms with E-state index in [0.29, 0.717) is 6.54 Å². The van der Waals surface area contributed by atoms with E-state index in [1.165, 1.54) is 0 Å². The summed E-state index contributed by atoms with van der Waals surface area (Å²) in [6.45, 7) is 0.635. The van der Waals surface area contributed by atoms with Crippen molar-refractivity contribution < 1.29 is 19.8 Å². The molecule has 1 amide bonds. The summed E-state index contributed by atoms with van der Waals surface area (Å²) in [7, 11) is 0. The molecular weight excluding hydrogens is 318 g/mol. The molecule has 0 bridgehead atoms. The van der Waals surface area contributed by atoms with Gasteiger partial charge < -0.3 is 15.1 Å². The van der Waals surface area contributed by atoms with Gasteiger partial charge in [-0.3, -0.25) is 9.59 Å². The van der Waals surface area contributed by atoms with Crippen molar-refractivity contribution in [2.24, 2.45) is 5.92 Å². The Morgan fingerprint density at radius 2 is 1.60 bits per heavy atom. The number of rotatable bonds is 5. The molecule has 5 nitrogen and oxygen atoms in total. The molecule has 1 heterocycles. The number of amides is 1. The van der Waals surface area contributed by atoms with Crippen LogP contribution < -0.4 is 0 Å². The Morgan fingerprint density at radius 1 is 0.960 bits per heavy atom. The van der Waals surface area contributed by atoms with Crippen LogP contribution in [0.15, 0.2) is 54.6 Å². The first kappa shape index (κ1) is 17.2. The van der Waals surface area contributed by atoms with Gasteiger partial charge in [-0.2, -0.15) is 0 Å². The van der Waals surface area contributed by atoms with E-state index >= 15 is 0 Å². The fourth-order valence-corrected chi connectivity index (χ4v) is 3.34. The van der Waals surface area contributed by atoms with E-state index in [0.717, 1.165) is 16.7 Å². The monoisotopic (exact) mass is 339 g/mol. The van der Waals surface area contributed by atoms with E-state index in [2.05, 4.69) is 0 Å². The molecule has 0 radical (unpaired) electrons. The number of nitrogens with zero attached hydrogens (tertiary/aromatic N) is 1. The van der Waals surface area contributed by atoms with E-state index in [9.17, 15) is 14.7 Å². The van der Waals surface area contributed by atoms with Crippen LogP contribution >= 0.6 is 0 Å². The van der Waals surface area contributed by atoms with Crippen molar-refractivity contribution in [2.75, 3.05) is 13.1 Å². The number of carboxylic acid groups (broad SMARTS) is 1. The van der Waals surface area contributed by atoms with Crippen LogP contribution in [0, 0.1) is 5.92 Å². The highest BCUT2D eigenvalue weighted by atomic mass is 16.4. The van der Waals surface area contributed by atoms with Crippen molar-refractivity contribution in [1.29, 1.82) is 0 Å². The van der Waals surface area contributed by atoms with Crippen LogP contribution in [0.25, 0.3) is 0 Å². The molecule has 2 atom stereocenters. The maximum Gasteiger partial charge on any atom is 0.308 e. The lowest BCUT2D eigenvalue weighted by Gasteiger charge is -2.16. The van der Waals surface area contributed by atoms with Crippen molar-refractivity contribution in [3.63, 3.8) is 0 Å². The lowest BCUT2D eigenvalue weighted by Crippen LogP contribution is -2.31. The van der Waals surface area contributed by atoms with Crippen LogP contribution in [-0.4, -0.2) is 40.1 Å². The fourth-order valence-electron chi connectivity index (χ4n) is 3.34. The first-order valence-electron chi connectivity index (χ1n) is 8.32. The van der Waals surface area contributed by atoms with Gasteiger partial charge in [0, 0.05) is 19.0 Å². The van der Waals surface area contributed by atoms with Gasteiger partial charge in [0.15, 0.2) is 0 Å². The smallest absolute Gasteiger partial charge is 0.308 e. The highest BCUT2D eigenvalue weighted by molar-refractivity contribution is 5.81. The zero-order valence-corrected chi connectivity index (χ0v) is 13.8. The summed E-state index contributed by atoms with van der Waals surface area (Å²) in [5.74, 6) is -1.69. The molecule has 2 N–H and O–H groups in total. The fraction of sp³-hybridized carbons (Fsp3) is 0.300. The third kappa shape index (κ3) is 3.88. The van der Waals surface area contributed by atoms with E-state index in [1.54, 1.807) is 17.0 Å². The highest BCUT2D eigenvalue weighted by Crippen LogP contribution is 2.33. The largest absolute Gasteiger partial charge is 0.481 e. The summed E-state index contributed by atoms with van der Waals surface area (Å²) >= 11 is 0. The lowest BCUT2D eigenvalue weighted by atomic mass is 9.89. The van der Waals surface area contributed by atoms with Crippen LogP contribution in [-0.2, 0) is 22.6 Å². The third-order valence-electron chi connectivity index (χ3n) is 4.78. The van der Waals surface area contributed by atoms with Crippen LogP contribution in [0.2, 0.25) is 0 Å². The minimum atomic E-state index is -0.864. The van der Waals surface area contributed by atoms with Gasteiger partial charge in [0.1, 0.15) is 0 Å². The minimum absolute atomic E-state index is 0.0284. The first-order valence-corrected chi connectivity index (χ1v) is 8.32. The second-order valence-corrected chi connectivity index (χ2v) is 6.41. The van der Waals surface area contributed by atoms with Crippen molar-refractivity contribution in [3.05, 3.63) is 71.3 Å². The van der Waals surface area contributed by atoms with Gasteiger partial charge in [-0.15, -0.1) is 0 Å². The topological polar surface area (TPSA) is 77.8 Å². The molecule has 130 valence electrons. The number of carbonyl (C=O) groups excluding carboxylic acids is 1. The van der Waals surface area contributed by atoms with Gasteiger partial charge in [-0.1, -0.05) is 54.6 Å². The summed E-state index contributed by atoms with van der Waals surface area (Å²) < 4.78 is 0. The number of likely N-dealkylation sites (tertiary alicyclic amines) is 1. The molecule has 3 rings (SSSR count). The molecule has 0 spiro atoms. The van der Waals surface area contributed by atoms with Crippen molar-refractivity contribution in [1.82, 2.24) is 4.90 Å². The normalized spacial score (nSPS) is 19.8. The zero-order valence-electron chi connectivity index (χ0n) is 13.8. The van der Waals surface area contributed by atoms with Gasteiger partial charge in [0.25, 0.3) is 0 Å². The number of hydrogen-bond donors (Lipinski definition) is 2. The van der Waals surface area contributed by atoms with E-state index in [4.69, 9.17) is 5.11 Å².